The van der Waals surface area contributed by atoms with Crippen molar-refractivity contribution in [1.29, 1.82) is 0 Å². The average Bonchev–Trinajstić information content (AvgIpc) is 2.41. The first-order chi connectivity index (χ1) is 9.55. The second-order valence-electron chi connectivity index (χ2n) is 4.20. The van der Waals surface area contributed by atoms with E-state index in [1.165, 1.54) is 0 Å². The van der Waals surface area contributed by atoms with Gasteiger partial charge >= 0.3 is 0 Å². The summed E-state index contributed by atoms with van der Waals surface area (Å²) >= 11 is 0. The number of sulfonamides is 1. The quantitative estimate of drug-likeness (QED) is 0.799. The molecule has 0 heterocycles. The Morgan fingerprint density at radius 1 is 1.00 bits per heavy atom. The zero-order valence-electron chi connectivity index (χ0n) is 10.8. The van der Waals surface area contributed by atoms with Gasteiger partial charge in [0.15, 0.2) is 0 Å². The van der Waals surface area contributed by atoms with Crippen molar-refractivity contribution in [3.63, 3.8) is 0 Å². The molecule has 0 unspecified atom stereocenters. The molecule has 0 aliphatic carbocycles. The van der Waals surface area contributed by atoms with Gasteiger partial charge in [0.1, 0.15) is 18.1 Å². The van der Waals surface area contributed by atoms with Crippen LogP contribution in [0.2, 0.25) is 0 Å². The fourth-order valence-corrected chi connectivity index (χ4v) is 2.47. The fraction of sp³-hybridized carbons (Fsp3) is 0.143. The Morgan fingerprint density at radius 2 is 1.65 bits per heavy atom. The van der Waals surface area contributed by atoms with E-state index in [1.807, 2.05) is 6.07 Å². The maximum atomic E-state index is 11.8. The SMILES string of the molecule is Nc1ccc(OCCS(=O)(=O)Nc2ccccc2)cc1. The number of para-hydroxylation sites is 1. The predicted molar refractivity (Wildman–Crippen MR) is 80.2 cm³/mol. The highest BCUT2D eigenvalue weighted by atomic mass is 32.2. The monoisotopic (exact) mass is 292 g/mol. The summed E-state index contributed by atoms with van der Waals surface area (Å²) in [6.45, 7) is 0.0755. The Balaban J connectivity index is 1.85. The van der Waals surface area contributed by atoms with Crippen LogP contribution in [-0.2, 0) is 10.0 Å². The van der Waals surface area contributed by atoms with Crippen LogP contribution in [0.15, 0.2) is 54.6 Å². The van der Waals surface area contributed by atoms with Crippen molar-refractivity contribution in [2.45, 2.75) is 0 Å². The normalized spacial score (nSPS) is 11.0. The number of benzene rings is 2. The average molecular weight is 292 g/mol. The highest BCUT2D eigenvalue weighted by Gasteiger charge is 2.10. The molecule has 0 atom stereocenters. The molecule has 2 aromatic carbocycles. The lowest BCUT2D eigenvalue weighted by Crippen LogP contribution is -2.21. The molecule has 3 N–H and O–H groups in total. The van der Waals surface area contributed by atoms with Crippen LogP contribution in [-0.4, -0.2) is 20.8 Å². The van der Waals surface area contributed by atoms with Gasteiger partial charge in [-0.05, 0) is 36.4 Å². The van der Waals surface area contributed by atoms with E-state index in [0.29, 0.717) is 17.1 Å². The number of nitrogens with two attached hydrogens (primary N) is 1. The maximum Gasteiger partial charge on any atom is 0.236 e. The van der Waals surface area contributed by atoms with Crippen molar-refractivity contribution < 1.29 is 13.2 Å². The minimum absolute atomic E-state index is 0.0755. The first-order valence-corrected chi connectivity index (χ1v) is 7.74. The van der Waals surface area contributed by atoms with Crippen molar-refractivity contribution in [3.05, 3.63) is 54.6 Å². The molecule has 2 rings (SSSR count). The lowest BCUT2D eigenvalue weighted by molar-refractivity contribution is 0.341. The van der Waals surface area contributed by atoms with Gasteiger partial charge in [-0.3, -0.25) is 4.72 Å². The lowest BCUT2D eigenvalue weighted by Gasteiger charge is -2.09. The number of nitrogens with one attached hydrogen (secondary N) is 1. The Bertz CT molecular complexity index is 640. The minimum atomic E-state index is -3.41. The molecular weight excluding hydrogens is 276 g/mol. The van der Waals surface area contributed by atoms with E-state index >= 15 is 0 Å². The van der Waals surface area contributed by atoms with Gasteiger partial charge in [-0.15, -0.1) is 0 Å². The fourth-order valence-electron chi connectivity index (χ4n) is 1.57. The molecule has 0 saturated carbocycles. The molecule has 0 aliphatic rings. The number of ether oxygens (including phenoxy) is 1. The number of nitrogen functional groups attached to an aromatic ring is 1. The Morgan fingerprint density at radius 3 is 2.30 bits per heavy atom. The first-order valence-electron chi connectivity index (χ1n) is 6.09. The summed E-state index contributed by atoms with van der Waals surface area (Å²) < 4.78 is 31.5. The highest BCUT2D eigenvalue weighted by molar-refractivity contribution is 7.92. The van der Waals surface area contributed by atoms with Gasteiger partial charge in [0.2, 0.25) is 10.0 Å². The molecule has 0 radical (unpaired) electrons. The second kappa shape index (κ2) is 6.29. The van der Waals surface area contributed by atoms with Gasteiger partial charge in [0.05, 0.1) is 0 Å². The van der Waals surface area contributed by atoms with E-state index in [1.54, 1.807) is 48.5 Å². The van der Waals surface area contributed by atoms with Gasteiger partial charge < -0.3 is 10.5 Å². The molecule has 0 fully saturated rings. The molecule has 0 amide bonds. The largest absolute Gasteiger partial charge is 0.492 e. The predicted octanol–water partition coefficient (Wildman–Crippen LogP) is 2.09. The van der Waals surface area contributed by atoms with E-state index in [4.69, 9.17) is 10.5 Å². The number of hydrogen-bond acceptors (Lipinski definition) is 4. The first kappa shape index (κ1) is 14.2. The summed E-state index contributed by atoms with van der Waals surface area (Å²) in [4.78, 5) is 0. The summed E-state index contributed by atoms with van der Waals surface area (Å²) in [6.07, 6.45) is 0. The molecule has 0 spiro atoms. The summed E-state index contributed by atoms with van der Waals surface area (Å²) in [7, 11) is -3.41. The molecule has 0 aliphatic heterocycles. The summed E-state index contributed by atoms with van der Waals surface area (Å²) in [6, 6.07) is 15.5. The van der Waals surface area contributed by atoms with Crippen LogP contribution in [0.25, 0.3) is 0 Å². The topological polar surface area (TPSA) is 81.4 Å². The molecule has 0 aromatic heterocycles. The van der Waals surface area contributed by atoms with Gasteiger partial charge in [-0.25, -0.2) is 8.42 Å². The van der Waals surface area contributed by atoms with Gasteiger partial charge in [0, 0.05) is 11.4 Å². The van der Waals surface area contributed by atoms with Crippen LogP contribution in [0.4, 0.5) is 11.4 Å². The maximum absolute atomic E-state index is 11.8. The molecule has 20 heavy (non-hydrogen) atoms. The summed E-state index contributed by atoms with van der Waals surface area (Å²) in [5.74, 6) is 0.473. The molecular formula is C14H16N2O3S. The van der Waals surface area contributed by atoms with Crippen LogP contribution < -0.4 is 15.2 Å². The molecule has 6 heteroatoms. The molecule has 106 valence electrons. The number of rotatable bonds is 6. The van der Waals surface area contributed by atoms with Gasteiger partial charge in [0.25, 0.3) is 0 Å². The zero-order chi connectivity index (χ0) is 14.4. The van der Waals surface area contributed by atoms with E-state index in [2.05, 4.69) is 4.72 Å². The van der Waals surface area contributed by atoms with Crippen molar-refractivity contribution in [2.75, 3.05) is 22.8 Å². The van der Waals surface area contributed by atoms with Crippen LogP contribution >= 0.6 is 0 Å². The van der Waals surface area contributed by atoms with Crippen LogP contribution in [0.5, 0.6) is 5.75 Å². The molecule has 0 bridgehead atoms. The third kappa shape index (κ3) is 4.47. The van der Waals surface area contributed by atoms with Crippen molar-refractivity contribution in [3.8, 4) is 5.75 Å². The van der Waals surface area contributed by atoms with Crippen LogP contribution in [0.1, 0.15) is 0 Å². The lowest BCUT2D eigenvalue weighted by atomic mass is 10.3. The molecule has 2 aromatic rings. The summed E-state index contributed by atoms with van der Waals surface area (Å²) in [5, 5.41) is 0. The third-order valence-electron chi connectivity index (χ3n) is 2.55. The van der Waals surface area contributed by atoms with Gasteiger partial charge in [-0.2, -0.15) is 0 Å². The Labute approximate surface area is 118 Å². The third-order valence-corrected chi connectivity index (χ3v) is 3.80. The van der Waals surface area contributed by atoms with E-state index in [-0.39, 0.29) is 12.4 Å². The van der Waals surface area contributed by atoms with Gasteiger partial charge in [-0.1, -0.05) is 18.2 Å². The molecule has 5 nitrogen and oxygen atoms in total. The van der Waals surface area contributed by atoms with E-state index < -0.39 is 10.0 Å². The number of anilines is 2. The van der Waals surface area contributed by atoms with Crippen LogP contribution in [0, 0.1) is 0 Å². The van der Waals surface area contributed by atoms with E-state index in [0.717, 1.165) is 0 Å². The smallest absolute Gasteiger partial charge is 0.236 e. The van der Waals surface area contributed by atoms with Crippen molar-refractivity contribution in [1.82, 2.24) is 0 Å². The second-order valence-corrected chi connectivity index (χ2v) is 6.05. The zero-order valence-corrected chi connectivity index (χ0v) is 11.6. The molecule has 0 saturated heterocycles. The number of hydrogen-bond donors (Lipinski definition) is 2. The minimum Gasteiger partial charge on any atom is -0.492 e. The Hall–Kier alpha value is -2.21. The highest BCUT2D eigenvalue weighted by Crippen LogP contribution is 2.13. The van der Waals surface area contributed by atoms with Crippen molar-refractivity contribution >= 4 is 21.4 Å². The standard InChI is InChI=1S/C14H16N2O3S/c15-12-6-8-14(9-7-12)19-10-11-20(17,18)16-13-4-2-1-3-5-13/h1-9,16H,10-11,15H2. The van der Waals surface area contributed by atoms with Crippen LogP contribution in [0.3, 0.4) is 0 Å². The Kier molecular flexibility index (Phi) is 4.47. The van der Waals surface area contributed by atoms with E-state index in [9.17, 15) is 8.42 Å². The van der Waals surface area contributed by atoms with Crippen molar-refractivity contribution in [2.24, 2.45) is 0 Å². The summed E-state index contributed by atoms with van der Waals surface area (Å²) in [5.41, 5.74) is 6.73.